The van der Waals surface area contributed by atoms with E-state index >= 15 is 0 Å². The monoisotopic (exact) mass is 202 g/mol. The number of nitrogens with zero attached hydrogens (tertiary/aromatic N) is 2. The van der Waals surface area contributed by atoms with Crippen molar-refractivity contribution in [2.24, 2.45) is 5.92 Å². The molecular formula is C12H14N2O. The molecule has 0 atom stereocenters. The summed E-state index contributed by atoms with van der Waals surface area (Å²) in [6.45, 7) is 5.80. The van der Waals surface area contributed by atoms with Gasteiger partial charge in [-0.1, -0.05) is 13.8 Å². The van der Waals surface area contributed by atoms with E-state index in [-0.39, 0.29) is 11.7 Å². The van der Waals surface area contributed by atoms with Crippen molar-refractivity contribution in [3.8, 4) is 0 Å². The quantitative estimate of drug-likeness (QED) is 0.701. The summed E-state index contributed by atoms with van der Waals surface area (Å²) in [5, 5.41) is 4.24. The van der Waals surface area contributed by atoms with Crippen LogP contribution in [-0.2, 0) is 0 Å². The number of aromatic nitrogens is 2. The SMILES string of the molecule is Cc1ccn2nc(C(=O)C(C)C)cc2c1. The molecule has 0 bridgehead atoms. The molecule has 0 aliphatic rings. The fourth-order valence-corrected chi connectivity index (χ4v) is 1.52. The number of pyridine rings is 1. The summed E-state index contributed by atoms with van der Waals surface area (Å²) >= 11 is 0. The van der Waals surface area contributed by atoms with Crippen LogP contribution >= 0.6 is 0 Å². The van der Waals surface area contributed by atoms with Crippen LogP contribution in [-0.4, -0.2) is 15.4 Å². The van der Waals surface area contributed by atoms with Gasteiger partial charge in [-0.15, -0.1) is 0 Å². The van der Waals surface area contributed by atoms with E-state index in [4.69, 9.17) is 0 Å². The molecule has 15 heavy (non-hydrogen) atoms. The first-order valence-electron chi connectivity index (χ1n) is 5.08. The van der Waals surface area contributed by atoms with E-state index in [1.807, 2.05) is 45.2 Å². The Balaban J connectivity index is 2.52. The van der Waals surface area contributed by atoms with Gasteiger partial charge in [0.25, 0.3) is 0 Å². The van der Waals surface area contributed by atoms with Gasteiger partial charge in [0.15, 0.2) is 5.78 Å². The molecule has 0 radical (unpaired) electrons. The number of fused-ring (bicyclic) bond motifs is 1. The molecule has 0 spiro atoms. The van der Waals surface area contributed by atoms with Crippen molar-refractivity contribution in [3.63, 3.8) is 0 Å². The highest BCUT2D eigenvalue weighted by Gasteiger charge is 2.14. The lowest BCUT2D eigenvalue weighted by Crippen LogP contribution is -2.08. The Labute approximate surface area is 88.7 Å². The Morgan fingerprint density at radius 3 is 2.80 bits per heavy atom. The van der Waals surface area contributed by atoms with E-state index in [1.165, 1.54) is 5.56 Å². The molecule has 0 aliphatic carbocycles. The summed E-state index contributed by atoms with van der Waals surface area (Å²) < 4.78 is 1.74. The Morgan fingerprint density at radius 1 is 1.40 bits per heavy atom. The van der Waals surface area contributed by atoms with Crippen LogP contribution in [0, 0.1) is 12.8 Å². The van der Waals surface area contributed by atoms with Crippen molar-refractivity contribution in [3.05, 3.63) is 35.7 Å². The summed E-state index contributed by atoms with van der Waals surface area (Å²) in [5.41, 5.74) is 2.69. The van der Waals surface area contributed by atoms with E-state index < -0.39 is 0 Å². The first-order valence-corrected chi connectivity index (χ1v) is 5.08. The molecule has 0 amide bonds. The van der Waals surface area contributed by atoms with Crippen molar-refractivity contribution in [2.45, 2.75) is 20.8 Å². The third-order valence-corrected chi connectivity index (χ3v) is 2.40. The first-order chi connectivity index (χ1) is 7.08. The Hall–Kier alpha value is -1.64. The number of rotatable bonds is 2. The molecule has 0 saturated carbocycles. The summed E-state index contributed by atoms with van der Waals surface area (Å²) in [6, 6.07) is 5.84. The lowest BCUT2D eigenvalue weighted by molar-refractivity contribution is 0.0934. The molecule has 0 N–H and O–H groups in total. The molecule has 3 heteroatoms. The lowest BCUT2D eigenvalue weighted by Gasteiger charge is -1.97. The minimum absolute atomic E-state index is 0.00370. The average Bonchev–Trinajstić information content (AvgIpc) is 2.58. The predicted molar refractivity (Wildman–Crippen MR) is 59.1 cm³/mol. The standard InChI is InChI=1S/C12H14N2O/c1-8(2)12(15)11-7-10-6-9(3)4-5-14(10)13-11/h4-8H,1-3H3. The molecule has 0 unspecified atom stereocenters. The van der Waals surface area contributed by atoms with Crippen LogP contribution in [0.1, 0.15) is 29.9 Å². The molecule has 0 saturated heterocycles. The van der Waals surface area contributed by atoms with Gasteiger partial charge >= 0.3 is 0 Å². The smallest absolute Gasteiger partial charge is 0.185 e. The minimum atomic E-state index is -0.00370. The van der Waals surface area contributed by atoms with Gasteiger partial charge in [0.2, 0.25) is 0 Å². The molecule has 0 aliphatic heterocycles. The van der Waals surface area contributed by atoms with Crippen LogP contribution < -0.4 is 0 Å². The number of carbonyl (C=O) groups excluding carboxylic acids is 1. The molecule has 2 aromatic rings. The first kappa shape index (κ1) is 9.90. The summed E-state index contributed by atoms with van der Waals surface area (Å²) in [6.07, 6.45) is 1.88. The van der Waals surface area contributed by atoms with Crippen molar-refractivity contribution < 1.29 is 4.79 Å². The van der Waals surface area contributed by atoms with Crippen LogP contribution in [0.4, 0.5) is 0 Å². The van der Waals surface area contributed by atoms with E-state index in [9.17, 15) is 4.79 Å². The largest absolute Gasteiger partial charge is 0.292 e. The number of carbonyl (C=O) groups is 1. The van der Waals surface area contributed by atoms with Gasteiger partial charge < -0.3 is 0 Å². The maximum Gasteiger partial charge on any atom is 0.185 e. The fourth-order valence-electron chi connectivity index (χ4n) is 1.52. The topological polar surface area (TPSA) is 34.4 Å². The number of ketones is 1. The maximum absolute atomic E-state index is 11.7. The van der Waals surface area contributed by atoms with Gasteiger partial charge in [0.1, 0.15) is 5.69 Å². The van der Waals surface area contributed by atoms with Crippen LogP contribution in [0.15, 0.2) is 24.4 Å². The van der Waals surface area contributed by atoms with Gasteiger partial charge in [-0.05, 0) is 30.7 Å². The molecule has 2 heterocycles. The molecule has 78 valence electrons. The third kappa shape index (κ3) is 1.77. The van der Waals surface area contributed by atoms with Gasteiger partial charge in [0.05, 0.1) is 5.52 Å². The van der Waals surface area contributed by atoms with E-state index in [0.29, 0.717) is 5.69 Å². The summed E-state index contributed by atoms with van der Waals surface area (Å²) in [5.74, 6) is 0.0902. The fraction of sp³-hybridized carbons (Fsp3) is 0.333. The molecule has 0 fully saturated rings. The molecule has 0 aromatic carbocycles. The highest BCUT2D eigenvalue weighted by atomic mass is 16.1. The zero-order chi connectivity index (χ0) is 11.0. The van der Waals surface area contributed by atoms with Crippen molar-refractivity contribution in [2.75, 3.05) is 0 Å². The second-order valence-corrected chi connectivity index (χ2v) is 4.12. The number of Topliss-reactive ketones (excluding diaryl/α,β-unsaturated/α-hetero) is 1. The van der Waals surface area contributed by atoms with E-state index in [0.717, 1.165) is 5.52 Å². The summed E-state index contributed by atoms with van der Waals surface area (Å²) in [7, 11) is 0. The molecule has 3 nitrogen and oxygen atoms in total. The number of hydrogen-bond acceptors (Lipinski definition) is 2. The third-order valence-electron chi connectivity index (χ3n) is 2.40. The van der Waals surface area contributed by atoms with Gasteiger partial charge in [-0.2, -0.15) is 5.10 Å². The van der Waals surface area contributed by atoms with Crippen LogP contribution in [0.25, 0.3) is 5.52 Å². The number of aryl methyl sites for hydroxylation is 1. The zero-order valence-electron chi connectivity index (χ0n) is 9.19. The van der Waals surface area contributed by atoms with Crippen LogP contribution in [0.5, 0.6) is 0 Å². The Bertz CT molecular complexity index is 511. The Morgan fingerprint density at radius 2 is 2.13 bits per heavy atom. The highest BCUT2D eigenvalue weighted by molar-refractivity contribution is 5.96. The van der Waals surface area contributed by atoms with Crippen molar-refractivity contribution in [1.82, 2.24) is 9.61 Å². The average molecular weight is 202 g/mol. The van der Waals surface area contributed by atoms with E-state index in [1.54, 1.807) is 4.52 Å². The normalized spacial score (nSPS) is 11.2. The minimum Gasteiger partial charge on any atom is -0.292 e. The molecular weight excluding hydrogens is 188 g/mol. The number of hydrogen-bond donors (Lipinski definition) is 0. The van der Waals surface area contributed by atoms with Crippen molar-refractivity contribution >= 4 is 11.3 Å². The van der Waals surface area contributed by atoms with Crippen LogP contribution in [0.2, 0.25) is 0 Å². The second-order valence-electron chi connectivity index (χ2n) is 4.12. The molecule has 2 aromatic heterocycles. The maximum atomic E-state index is 11.7. The predicted octanol–water partition coefficient (Wildman–Crippen LogP) is 2.48. The van der Waals surface area contributed by atoms with Gasteiger partial charge in [0, 0.05) is 12.1 Å². The summed E-state index contributed by atoms with van der Waals surface area (Å²) in [4.78, 5) is 11.7. The lowest BCUT2D eigenvalue weighted by atomic mass is 10.1. The highest BCUT2D eigenvalue weighted by Crippen LogP contribution is 2.12. The van der Waals surface area contributed by atoms with Gasteiger partial charge in [-0.25, -0.2) is 4.52 Å². The Kier molecular flexibility index (Phi) is 2.31. The van der Waals surface area contributed by atoms with E-state index in [2.05, 4.69) is 5.10 Å². The molecule has 2 rings (SSSR count). The van der Waals surface area contributed by atoms with Crippen LogP contribution in [0.3, 0.4) is 0 Å². The van der Waals surface area contributed by atoms with Crippen molar-refractivity contribution in [1.29, 1.82) is 0 Å². The van der Waals surface area contributed by atoms with Gasteiger partial charge in [-0.3, -0.25) is 4.79 Å². The second kappa shape index (κ2) is 3.50. The zero-order valence-corrected chi connectivity index (χ0v) is 9.19.